The first-order valence-corrected chi connectivity index (χ1v) is 6.10. The molecule has 1 N–H and O–H groups in total. The molecule has 1 heterocycles. The Morgan fingerprint density at radius 1 is 1.29 bits per heavy atom. The molecule has 0 amide bonds. The van der Waals surface area contributed by atoms with Gasteiger partial charge in [-0.3, -0.25) is 14.3 Å². The van der Waals surface area contributed by atoms with E-state index in [1.165, 1.54) is 4.57 Å². The van der Waals surface area contributed by atoms with E-state index in [0.717, 1.165) is 13.1 Å². The molecule has 0 bridgehead atoms. The van der Waals surface area contributed by atoms with Crippen LogP contribution in [0.25, 0.3) is 0 Å². The quantitative estimate of drug-likeness (QED) is 0.798. The molecular formula is C11H18ClN3O2. The number of nitrogens with zero attached hydrogens (tertiary/aromatic N) is 2. The highest BCUT2D eigenvalue weighted by Gasteiger charge is 2.09. The van der Waals surface area contributed by atoms with Crippen LogP contribution in [0.2, 0.25) is 5.15 Å². The van der Waals surface area contributed by atoms with Crippen LogP contribution in [0.3, 0.4) is 0 Å². The van der Waals surface area contributed by atoms with E-state index in [0.29, 0.717) is 18.7 Å². The molecular weight excluding hydrogens is 242 g/mol. The second kappa shape index (κ2) is 6.02. The van der Waals surface area contributed by atoms with Crippen LogP contribution in [-0.2, 0) is 6.54 Å². The minimum Gasteiger partial charge on any atom is -0.302 e. The molecule has 0 fully saturated rings. The van der Waals surface area contributed by atoms with Crippen molar-refractivity contribution in [2.75, 3.05) is 19.6 Å². The maximum Gasteiger partial charge on any atom is 0.329 e. The van der Waals surface area contributed by atoms with Crippen LogP contribution in [0.15, 0.2) is 9.59 Å². The standard InChI is InChI=1S/C11H18ClN3O2/c1-4-14(5-2)6-7-15-10(16)8(3)9(12)13-11(15)17/h4-7H2,1-3H3,(H,13,17). The van der Waals surface area contributed by atoms with Crippen molar-refractivity contribution >= 4 is 11.6 Å². The number of aromatic nitrogens is 2. The zero-order valence-electron chi connectivity index (χ0n) is 10.4. The number of likely N-dealkylation sites (N-methyl/N-ethyl adjacent to an activating group) is 1. The molecule has 0 aliphatic carbocycles. The summed E-state index contributed by atoms with van der Waals surface area (Å²) in [6.45, 7) is 8.55. The lowest BCUT2D eigenvalue weighted by Crippen LogP contribution is -2.40. The fourth-order valence-electron chi connectivity index (χ4n) is 1.63. The van der Waals surface area contributed by atoms with Crippen LogP contribution in [0, 0.1) is 6.92 Å². The van der Waals surface area contributed by atoms with Gasteiger partial charge in [-0.1, -0.05) is 25.4 Å². The molecule has 6 heteroatoms. The van der Waals surface area contributed by atoms with Gasteiger partial charge in [-0.25, -0.2) is 4.79 Å². The third kappa shape index (κ3) is 3.20. The Hall–Kier alpha value is -1.07. The van der Waals surface area contributed by atoms with Gasteiger partial charge in [-0.05, 0) is 20.0 Å². The summed E-state index contributed by atoms with van der Waals surface area (Å²) in [5, 5.41) is 0.124. The molecule has 0 radical (unpaired) electrons. The summed E-state index contributed by atoms with van der Waals surface area (Å²) in [6, 6.07) is 0. The zero-order valence-corrected chi connectivity index (χ0v) is 11.2. The van der Waals surface area contributed by atoms with Crippen molar-refractivity contribution in [3.63, 3.8) is 0 Å². The topological polar surface area (TPSA) is 58.1 Å². The molecule has 1 aromatic rings. The number of rotatable bonds is 5. The second-order valence-corrected chi connectivity index (χ2v) is 4.23. The fraction of sp³-hybridized carbons (Fsp3) is 0.636. The van der Waals surface area contributed by atoms with Gasteiger partial charge in [-0.15, -0.1) is 0 Å². The number of hydrogen-bond acceptors (Lipinski definition) is 3. The van der Waals surface area contributed by atoms with E-state index in [1.54, 1.807) is 6.92 Å². The number of halogens is 1. The molecule has 0 aliphatic rings. The summed E-state index contributed by atoms with van der Waals surface area (Å²) in [5.41, 5.74) is -0.380. The lowest BCUT2D eigenvalue weighted by Gasteiger charge is -2.18. The second-order valence-electron chi connectivity index (χ2n) is 3.85. The fourth-order valence-corrected chi connectivity index (χ4v) is 1.79. The molecule has 0 spiro atoms. The van der Waals surface area contributed by atoms with Crippen LogP contribution >= 0.6 is 11.6 Å². The van der Waals surface area contributed by atoms with E-state index in [4.69, 9.17) is 11.6 Å². The van der Waals surface area contributed by atoms with Gasteiger partial charge < -0.3 is 4.90 Å². The van der Waals surface area contributed by atoms with Crippen molar-refractivity contribution in [3.8, 4) is 0 Å². The highest BCUT2D eigenvalue weighted by atomic mass is 35.5. The SMILES string of the molecule is CCN(CC)CCn1c(=O)[nH]c(Cl)c(C)c1=O. The summed E-state index contributed by atoms with van der Waals surface area (Å²) < 4.78 is 1.19. The maximum absolute atomic E-state index is 11.8. The van der Waals surface area contributed by atoms with E-state index >= 15 is 0 Å². The highest BCUT2D eigenvalue weighted by molar-refractivity contribution is 6.30. The number of H-pyrrole nitrogens is 1. The molecule has 5 nitrogen and oxygen atoms in total. The van der Waals surface area contributed by atoms with Crippen molar-refractivity contribution in [2.45, 2.75) is 27.3 Å². The molecule has 1 aromatic heterocycles. The van der Waals surface area contributed by atoms with Gasteiger partial charge in [0, 0.05) is 18.7 Å². The van der Waals surface area contributed by atoms with Gasteiger partial charge in [0.25, 0.3) is 5.56 Å². The molecule has 0 aliphatic heterocycles. The number of nitrogens with one attached hydrogen (secondary N) is 1. The average molecular weight is 260 g/mol. The highest BCUT2D eigenvalue weighted by Crippen LogP contribution is 2.02. The number of aromatic amines is 1. The molecule has 17 heavy (non-hydrogen) atoms. The van der Waals surface area contributed by atoms with Crippen LogP contribution < -0.4 is 11.2 Å². The predicted molar refractivity (Wildman–Crippen MR) is 68.9 cm³/mol. The third-order valence-corrected chi connectivity index (χ3v) is 3.27. The third-order valence-electron chi connectivity index (χ3n) is 2.89. The van der Waals surface area contributed by atoms with Crippen molar-refractivity contribution < 1.29 is 0 Å². The van der Waals surface area contributed by atoms with Crippen LogP contribution in [0.4, 0.5) is 0 Å². The normalized spacial score (nSPS) is 11.1. The summed E-state index contributed by atoms with van der Waals surface area (Å²) in [4.78, 5) is 28.1. The Bertz CT molecular complexity index is 488. The lowest BCUT2D eigenvalue weighted by molar-refractivity contribution is 0.287. The maximum atomic E-state index is 11.8. The van der Waals surface area contributed by atoms with Crippen LogP contribution in [0.5, 0.6) is 0 Å². The molecule has 96 valence electrons. The van der Waals surface area contributed by atoms with E-state index in [9.17, 15) is 9.59 Å². The van der Waals surface area contributed by atoms with Crippen molar-refractivity contribution in [2.24, 2.45) is 0 Å². The van der Waals surface area contributed by atoms with Gasteiger partial charge in [0.2, 0.25) is 0 Å². The predicted octanol–water partition coefficient (Wildman–Crippen LogP) is 0.840. The van der Waals surface area contributed by atoms with Crippen molar-refractivity contribution in [1.29, 1.82) is 0 Å². The van der Waals surface area contributed by atoms with Crippen LogP contribution in [0.1, 0.15) is 19.4 Å². The first kappa shape index (κ1) is 14.0. The van der Waals surface area contributed by atoms with Gasteiger partial charge >= 0.3 is 5.69 Å². The molecule has 0 saturated heterocycles. The number of hydrogen-bond donors (Lipinski definition) is 1. The largest absolute Gasteiger partial charge is 0.329 e. The monoisotopic (exact) mass is 259 g/mol. The Kier molecular flexibility index (Phi) is 4.96. The lowest BCUT2D eigenvalue weighted by atomic mass is 10.3. The first-order chi connectivity index (χ1) is 8.01. The van der Waals surface area contributed by atoms with E-state index in [-0.39, 0.29) is 10.7 Å². The van der Waals surface area contributed by atoms with Gasteiger partial charge in [-0.2, -0.15) is 0 Å². The van der Waals surface area contributed by atoms with E-state index in [1.807, 2.05) is 13.8 Å². The smallest absolute Gasteiger partial charge is 0.302 e. The van der Waals surface area contributed by atoms with Crippen molar-refractivity contribution in [1.82, 2.24) is 14.5 Å². The van der Waals surface area contributed by atoms with Gasteiger partial charge in [0.1, 0.15) is 5.15 Å². The summed E-state index contributed by atoms with van der Waals surface area (Å²) in [6.07, 6.45) is 0. The summed E-state index contributed by atoms with van der Waals surface area (Å²) in [5.74, 6) is 0. The van der Waals surface area contributed by atoms with Crippen molar-refractivity contribution in [3.05, 3.63) is 31.6 Å². The molecule has 1 rings (SSSR count). The molecule has 0 aromatic carbocycles. The average Bonchev–Trinajstić information content (AvgIpc) is 2.31. The first-order valence-electron chi connectivity index (χ1n) is 5.72. The van der Waals surface area contributed by atoms with E-state index in [2.05, 4.69) is 9.88 Å². The Balaban J connectivity index is 2.96. The van der Waals surface area contributed by atoms with Crippen LogP contribution in [-0.4, -0.2) is 34.1 Å². The van der Waals surface area contributed by atoms with E-state index < -0.39 is 5.69 Å². The van der Waals surface area contributed by atoms with Gasteiger partial charge in [0.05, 0.1) is 0 Å². The Morgan fingerprint density at radius 3 is 2.41 bits per heavy atom. The molecule has 0 atom stereocenters. The zero-order chi connectivity index (χ0) is 13.0. The minimum atomic E-state index is -0.447. The summed E-state index contributed by atoms with van der Waals surface area (Å²) >= 11 is 5.73. The Morgan fingerprint density at radius 2 is 1.88 bits per heavy atom. The van der Waals surface area contributed by atoms with Gasteiger partial charge in [0.15, 0.2) is 0 Å². The Labute approximate surface area is 105 Å². The summed E-state index contributed by atoms with van der Waals surface area (Å²) in [7, 11) is 0. The minimum absolute atomic E-state index is 0.124. The molecule has 0 unspecified atom stereocenters. The molecule has 0 saturated carbocycles.